The molecule has 1 aliphatic rings. The smallest absolute Gasteiger partial charge is 0.310 e. The maximum Gasteiger partial charge on any atom is 0.310 e. The first kappa shape index (κ1) is 27.2. The Balaban J connectivity index is 1.75. The molecule has 11 heteroatoms. The van der Waals surface area contributed by atoms with E-state index in [0.29, 0.717) is 27.9 Å². The first-order valence-electron chi connectivity index (χ1n) is 12.6. The van der Waals surface area contributed by atoms with Crippen LogP contribution < -0.4 is 15.4 Å². The number of benzene rings is 3. The topological polar surface area (TPSA) is 132 Å². The van der Waals surface area contributed by atoms with E-state index < -0.39 is 27.7 Å². The minimum atomic E-state index is -3.90. The summed E-state index contributed by atoms with van der Waals surface area (Å²) >= 11 is 0. The van der Waals surface area contributed by atoms with Crippen LogP contribution in [0.2, 0.25) is 0 Å². The van der Waals surface area contributed by atoms with Crippen LogP contribution in [0.25, 0.3) is 22.3 Å². The van der Waals surface area contributed by atoms with Gasteiger partial charge >= 0.3 is 5.97 Å². The van der Waals surface area contributed by atoms with Crippen molar-refractivity contribution in [2.45, 2.75) is 25.2 Å². The number of methoxy groups -OCH3 is 1. The van der Waals surface area contributed by atoms with E-state index >= 15 is 0 Å². The molecule has 0 spiro atoms. The fourth-order valence-corrected chi connectivity index (χ4v) is 5.82. The number of carbonyl (C=O) groups is 2. The van der Waals surface area contributed by atoms with Crippen molar-refractivity contribution in [3.05, 3.63) is 77.1 Å². The fourth-order valence-electron chi connectivity index (χ4n) is 4.81. The fraction of sp³-hybridized carbons (Fsp3) is 0.241. The van der Waals surface area contributed by atoms with Crippen LogP contribution in [0.3, 0.4) is 0 Å². The van der Waals surface area contributed by atoms with Gasteiger partial charge < -0.3 is 20.2 Å². The molecule has 0 atom stereocenters. The van der Waals surface area contributed by atoms with Gasteiger partial charge in [-0.1, -0.05) is 0 Å². The van der Waals surface area contributed by atoms with Gasteiger partial charge in [0.05, 0.1) is 36.7 Å². The molecule has 0 aliphatic heterocycles. The molecule has 0 unspecified atom stereocenters. The van der Waals surface area contributed by atoms with Crippen molar-refractivity contribution in [3.63, 3.8) is 0 Å². The van der Waals surface area contributed by atoms with Gasteiger partial charge in [0, 0.05) is 29.8 Å². The molecule has 0 radical (unpaired) electrons. The minimum Gasteiger partial charge on any atom is -0.469 e. The highest BCUT2D eigenvalue weighted by atomic mass is 32.2. The van der Waals surface area contributed by atoms with E-state index in [9.17, 15) is 22.4 Å². The van der Waals surface area contributed by atoms with Crippen molar-refractivity contribution >= 4 is 49.9 Å². The number of hydrogen-bond donors (Lipinski definition) is 2. The summed E-state index contributed by atoms with van der Waals surface area (Å²) in [6.07, 6.45) is 2.66. The number of amides is 1. The summed E-state index contributed by atoms with van der Waals surface area (Å²) in [4.78, 5) is 25.0. The van der Waals surface area contributed by atoms with Gasteiger partial charge in [-0.2, -0.15) is 0 Å². The number of nitrogens with one attached hydrogen (secondary N) is 1. The van der Waals surface area contributed by atoms with E-state index in [1.165, 1.54) is 42.7 Å². The number of anilines is 3. The predicted octanol–water partition coefficient (Wildman–Crippen LogP) is 4.87. The molecule has 1 heterocycles. The Kier molecular flexibility index (Phi) is 7.01. The third-order valence-corrected chi connectivity index (χ3v) is 7.96. The number of fused-ring (bicyclic) bond motifs is 1. The number of ether oxygens (including phenoxy) is 1. The summed E-state index contributed by atoms with van der Waals surface area (Å²) in [5, 5.41) is 3.15. The van der Waals surface area contributed by atoms with Crippen molar-refractivity contribution in [1.82, 2.24) is 5.32 Å². The van der Waals surface area contributed by atoms with Gasteiger partial charge in [0.25, 0.3) is 5.91 Å². The molecule has 40 heavy (non-hydrogen) atoms. The van der Waals surface area contributed by atoms with Crippen molar-refractivity contribution in [1.29, 1.82) is 0 Å². The normalized spacial score (nSPS) is 13.3. The summed E-state index contributed by atoms with van der Waals surface area (Å²) in [5.41, 5.74) is 9.27. The van der Waals surface area contributed by atoms with Crippen LogP contribution in [0.4, 0.5) is 21.5 Å². The number of esters is 1. The van der Waals surface area contributed by atoms with Crippen molar-refractivity contribution < 1.29 is 31.6 Å². The van der Waals surface area contributed by atoms with Crippen LogP contribution in [0, 0.1) is 5.82 Å². The summed E-state index contributed by atoms with van der Waals surface area (Å²) in [7, 11) is -1.13. The van der Waals surface area contributed by atoms with Gasteiger partial charge in [0.1, 0.15) is 17.2 Å². The van der Waals surface area contributed by atoms with Crippen LogP contribution in [0.1, 0.15) is 40.2 Å². The van der Waals surface area contributed by atoms with E-state index in [0.717, 1.165) is 24.7 Å². The number of rotatable bonds is 8. The number of sulfonamides is 1. The summed E-state index contributed by atoms with van der Waals surface area (Å²) in [6.45, 7) is 0. The highest BCUT2D eigenvalue weighted by Gasteiger charge is 2.34. The summed E-state index contributed by atoms with van der Waals surface area (Å²) < 4.78 is 52.3. The molecule has 208 valence electrons. The molecule has 1 saturated carbocycles. The zero-order chi connectivity index (χ0) is 28.8. The average Bonchev–Trinajstić information content (AvgIpc) is 3.69. The van der Waals surface area contributed by atoms with Gasteiger partial charge in [0.2, 0.25) is 10.0 Å². The second-order valence-corrected chi connectivity index (χ2v) is 11.6. The predicted molar refractivity (Wildman–Crippen MR) is 151 cm³/mol. The molecule has 4 aromatic rings. The molecule has 0 saturated heterocycles. The van der Waals surface area contributed by atoms with Crippen LogP contribution in [0.15, 0.2) is 59.0 Å². The van der Waals surface area contributed by atoms with Crippen molar-refractivity contribution in [2.24, 2.45) is 0 Å². The maximum atomic E-state index is 13.6. The molecule has 5 rings (SSSR count). The molecule has 3 aromatic carbocycles. The quantitative estimate of drug-likeness (QED) is 0.230. The van der Waals surface area contributed by atoms with Gasteiger partial charge in [-0.3, -0.25) is 9.59 Å². The van der Waals surface area contributed by atoms with Gasteiger partial charge in [0.15, 0.2) is 0 Å². The largest absolute Gasteiger partial charge is 0.469 e. The highest BCUT2D eigenvalue weighted by molar-refractivity contribution is 7.92. The lowest BCUT2D eigenvalue weighted by atomic mass is 10.00. The molecule has 1 fully saturated rings. The van der Waals surface area contributed by atoms with Gasteiger partial charge in [-0.15, -0.1) is 0 Å². The third-order valence-electron chi connectivity index (χ3n) is 6.89. The van der Waals surface area contributed by atoms with E-state index in [4.69, 9.17) is 14.9 Å². The first-order valence-corrected chi connectivity index (χ1v) is 14.4. The average molecular weight is 566 g/mol. The second-order valence-electron chi connectivity index (χ2n) is 9.74. The van der Waals surface area contributed by atoms with Gasteiger partial charge in [-0.25, -0.2) is 17.1 Å². The number of nitrogen functional groups attached to an aromatic ring is 1. The van der Waals surface area contributed by atoms with Crippen molar-refractivity contribution in [2.75, 3.05) is 30.5 Å². The molecule has 9 nitrogen and oxygen atoms in total. The summed E-state index contributed by atoms with van der Waals surface area (Å²) in [6, 6.07) is 13.7. The Morgan fingerprint density at radius 2 is 1.82 bits per heavy atom. The molecular formula is C29H28FN3O6S. The third kappa shape index (κ3) is 5.12. The molecule has 3 N–H and O–H groups in total. The van der Waals surface area contributed by atoms with Crippen LogP contribution in [-0.4, -0.2) is 40.7 Å². The first-order chi connectivity index (χ1) is 19.0. The number of carbonyl (C=O) groups excluding carboxylic acids is 2. The number of hydrogen-bond acceptors (Lipinski definition) is 7. The minimum absolute atomic E-state index is 0.0775. The lowest BCUT2D eigenvalue weighted by molar-refractivity contribution is -0.139. The molecule has 0 bridgehead atoms. The van der Waals surface area contributed by atoms with E-state index in [1.54, 1.807) is 30.3 Å². The Bertz CT molecular complexity index is 1740. The Hall–Kier alpha value is -4.38. The number of nitrogens with zero attached hydrogens (tertiary/aromatic N) is 1. The number of furan rings is 1. The summed E-state index contributed by atoms with van der Waals surface area (Å²) in [5.74, 6) is -1.02. The Labute approximate surface area is 230 Å². The zero-order valence-corrected chi connectivity index (χ0v) is 23.0. The monoisotopic (exact) mass is 565 g/mol. The molecule has 1 aliphatic carbocycles. The number of nitrogens with two attached hydrogens (primary N) is 1. The lowest BCUT2D eigenvalue weighted by Crippen LogP contribution is -2.26. The van der Waals surface area contributed by atoms with Crippen LogP contribution in [0.5, 0.6) is 0 Å². The maximum absolute atomic E-state index is 13.6. The van der Waals surface area contributed by atoms with Gasteiger partial charge in [-0.05, 0) is 78.4 Å². The lowest BCUT2D eigenvalue weighted by Gasteiger charge is -2.26. The second kappa shape index (κ2) is 10.3. The van der Waals surface area contributed by atoms with E-state index in [2.05, 4.69) is 5.32 Å². The molecular weight excluding hydrogens is 537 g/mol. The Morgan fingerprint density at radius 1 is 1.12 bits per heavy atom. The SMILES string of the molecule is CNC(=O)c1c(-c2ccc(F)cc2)oc2cc(N(c3ccc(N)c(CC(=O)OC)c3)S(C)(=O)=O)c(C3CC3)cc12. The standard InChI is InChI=1S/C29H28FN3O6S/c1-32-29(35)27-22-14-21(16-4-5-16)24(15-25(22)39-28(27)17-6-8-19(30)9-7-17)33(40(3,36)37)20-10-11-23(31)18(12-20)13-26(34)38-2/h6-12,14-16H,4-5,13,31H2,1-3H3,(H,32,35). The van der Waals surface area contributed by atoms with Crippen molar-refractivity contribution in [3.8, 4) is 11.3 Å². The Morgan fingerprint density at radius 3 is 2.42 bits per heavy atom. The molecule has 1 aromatic heterocycles. The zero-order valence-electron chi connectivity index (χ0n) is 22.2. The molecule has 1 amide bonds. The van der Waals surface area contributed by atoms with Crippen LogP contribution >= 0.6 is 0 Å². The van der Waals surface area contributed by atoms with E-state index in [1.807, 2.05) is 0 Å². The van der Waals surface area contributed by atoms with Crippen LogP contribution in [-0.2, 0) is 26.0 Å². The highest BCUT2D eigenvalue weighted by Crippen LogP contribution is 2.49. The number of halogens is 1. The van der Waals surface area contributed by atoms with E-state index in [-0.39, 0.29) is 34.9 Å².